The van der Waals surface area contributed by atoms with Gasteiger partial charge in [0.1, 0.15) is 0 Å². The lowest BCUT2D eigenvalue weighted by Crippen LogP contribution is -2.53. The van der Waals surface area contributed by atoms with Crippen LogP contribution in [0.1, 0.15) is 15.9 Å². The van der Waals surface area contributed by atoms with Crippen molar-refractivity contribution in [2.24, 2.45) is 0 Å². The first kappa shape index (κ1) is 18.4. The van der Waals surface area contributed by atoms with Crippen molar-refractivity contribution in [2.45, 2.75) is 6.54 Å². The third-order valence-corrected chi connectivity index (χ3v) is 4.47. The first-order valence-corrected chi connectivity index (χ1v) is 8.65. The second-order valence-electron chi connectivity index (χ2n) is 6.23. The van der Waals surface area contributed by atoms with Crippen LogP contribution in [0.15, 0.2) is 54.6 Å². The van der Waals surface area contributed by atoms with Gasteiger partial charge in [-0.15, -0.1) is 0 Å². The Bertz CT molecular complexity index is 815. The van der Waals surface area contributed by atoms with E-state index in [9.17, 15) is 19.7 Å². The van der Waals surface area contributed by atoms with E-state index in [-0.39, 0.29) is 17.6 Å². The molecule has 2 aromatic carbocycles. The van der Waals surface area contributed by atoms with E-state index in [1.54, 1.807) is 9.80 Å². The lowest BCUT2D eigenvalue weighted by atomic mass is 10.1. The fourth-order valence-electron chi connectivity index (χ4n) is 2.91. The first-order valence-electron chi connectivity index (χ1n) is 8.65. The molecule has 0 radical (unpaired) electrons. The molecule has 0 unspecified atom stereocenters. The van der Waals surface area contributed by atoms with Gasteiger partial charge in [-0.05, 0) is 17.7 Å². The number of piperazine rings is 1. The Labute approximate surface area is 156 Å². The van der Waals surface area contributed by atoms with E-state index >= 15 is 0 Å². The van der Waals surface area contributed by atoms with Crippen LogP contribution in [0.4, 0.5) is 10.5 Å². The lowest BCUT2D eigenvalue weighted by Gasteiger charge is -2.34. The molecule has 1 fully saturated rings. The van der Waals surface area contributed by atoms with E-state index in [0.717, 1.165) is 5.56 Å². The number of rotatable bonds is 4. The fraction of sp³-hybridized carbons (Fsp3) is 0.263. The number of benzene rings is 2. The zero-order valence-electron chi connectivity index (χ0n) is 14.7. The standard InChI is InChI=1S/C19H20N4O4/c24-18(16-6-8-17(9-7-16)23(26)27)21-10-12-22(13-11-21)19(25)20-14-15-4-2-1-3-5-15/h1-9H,10-14H2,(H,20,25). The minimum atomic E-state index is -0.499. The van der Waals surface area contributed by atoms with Crippen molar-refractivity contribution in [2.75, 3.05) is 26.2 Å². The number of nitrogens with zero attached hydrogens (tertiary/aromatic N) is 3. The molecule has 0 saturated carbocycles. The average molecular weight is 368 g/mol. The molecule has 0 atom stereocenters. The maximum Gasteiger partial charge on any atom is 0.317 e. The van der Waals surface area contributed by atoms with Gasteiger partial charge in [-0.3, -0.25) is 14.9 Å². The fourth-order valence-corrected chi connectivity index (χ4v) is 2.91. The molecule has 0 spiro atoms. The smallest absolute Gasteiger partial charge is 0.317 e. The van der Waals surface area contributed by atoms with Gasteiger partial charge in [0, 0.05) is 50.4 Å². The quantitative estimate of drug-likeness (QED) is 0.661. The number of nitrogens with one attached hydrogen (secondary N) is 1. The molecule has 1 aliphatic heterocycles. The van der Waals surface area contributed by atoms with E-state index in [1.165, 1.54) is 24.3 Å². The Morgan fingerprint density at radius 2 is 1.52 bits per heavy atom. The largest absolute Gasteiger partial charge is 0.335 e. The average Bonchev–Trinajstić information content (AvgIpc) is 2.72. The number of urea groups is 1. The summed E-state index contributed by atoms with van der Waals surface area (Å²) in [6.07, 6.45) is 0. The van der Waals surface area contributed by atoms with E-state index in [1.807, 2.05) is 30.3 Å². The number of carbonyl (C=O) groups is 2. The molecule has 3 amide bonds. The molecule has 8 nitrogen and oxygen atoms in total. The van der Waals surface area contributed by atoms with Gasteiger partial charge in [0.25, 0.3) is 11.6 Å². The molecule has 27 heavy (non-hydrogen) atoms. The number of nitro benzene ring substituents is 1. The van der Waals surface area contributed by atoms with Gasteiger partial charge in [0.2, 0.25) is 0 Å². The maximum absolute atomic E-state index is 12.5. The summed E-state index contributed by atoms with van der Waals surface area (Å²) >= 11 is 0. The minimum absolute atomic E-state index is 0.0496. The summed E-state index contributed by atoms with van der Waals surface area (Å²) < 4.78 is 0. The zero-order chi connectivity index (χ0) is 19.2. The van der Waals surface area contributed by atoms with Crippen LogP contribution >= 0.6 is 0 Å². The maximum atomic E-state index is 12.5. The number of hydrogen-bond acceptors (Lipinski definition) is 4. The number of non-ortho nitro benzene ring substituents is 1. The summed E-state index contributed by atoms with van der Waals surface area (Å²) in [6.45, 7) is 2.20. The number of nitro groups is 1. The summed E-state index contributed by atoms with van der Waals surface area (Å²) in [5.41, 5.74) is 1.38. The molecule has 2 aromatic rings. The van der Waals surface area contributed by atoms with Crippen molar-refractivity contribution in [3.05, 3.63) is 75.8 Å². The summed E-state index contributed by atoms with van der Waals surface area (Å²) in [7, 11) is 0. The number of carbonyl (C=O) groups excluding carboxylic acids is 2. The Morgan fingerprint density at radius 1 is 0.926 bits per heavy atom. The molecule has 0 aliphatic carbocycles. The van der Waals surface area contributed by atoms with E-state index in [2.05, 4.69) is 5.32 Å². The second kappa shape index (κ2) is 8.31. The highest BCUT2D eigenvalue weighted by Gasteiger charge is 2.25. The van der Waals surface area contributed by atoms with Crippen LogP contribution in [0, 0.1) is 10.1 Å². The summed E-state index contributed by atoms with van der Waals surface area (Å²) in [6, 6.07) is 15.1. The van der Waals surface area contributed by atoms with Crippen LogP contribution in [0.5, 0.6) is 0 Å². The van der Waals surface area contributed by atoms with E-state index in [0.29, 0.717) is 38.3 Å². The molecule has 1 aliphatic rings. The van der Waals surface area contributed by atoms with Gasteiger partial charge in [0.05, 0.1) is 4.92 Å². The Hall–Kier alpha value is -3.42. The molecule has 1 N–H and O–H groups in total. The molecule has 8 heteroatoms. The van der Waals surface area contributed by atoms with Gasteiger partial charge in [-0.25, -0.2) is 4.79 Å². The van der Waals surface area contributed by atoms with E-state index in [4.69, 9.17) is 0 Å². The first-order chi connectivity index (χ1) is 13.0. The zero-order valence-corrected chi connectivity index (χ0v) is 14.7. The third-order valence-electron chi connectivity index (χ3n) is 4.47. The summed E-state index contributed by atoms with van der Waals surface area (Å²) in [4.78, 5) is 38.3. The molecule has 1 saturated heterocycles. The van der Waals surface area contributed by atoms with Crippen LogP contribution < -0.4 is 5.32 Å². The van der Waals surface area contributed by atoms with Crippen LogP contribution in [0.25, 0.3) is 0 Å². The molecule has 0 bridgehead atoms. The summed E-state index contributed by atoms with van der Waals surface area (Å²) in [5, 5.41) is 13.6. The number of hydrogen-bond donors (Lipinski definition) is 1. The Morgan fingerprint density at radius 3 is 2.11 bits per heavy atom. The minimum Gasteiger partial charge on any atom is -0.335 e. The molecule has 0 aromatic heterocycles. The van der Waals surface area contributed by atoms with Crippen molar-refractivity contribution >= 4 is 17.6 Å². The second-order valence-corrected chi connectivity index (χ2v) is 6.23. The SMILES string of the molecule is O=C(NCc1ccccc1)N1CCN(C(=O)c2ccc([N+](=O)[O-])cc2)CC1. The van der Waals surface area contributed by atoms with Crippen molar-refractivity contribution in [1.29, 1.82) is 0 Å². The van der Waals surface area contributed by atoms with Crippen LogP contribution in [0.3, 0.4) is 0 Å². The van der Waals surface area contributed by atoms with Crippen molar-refractivity contribution in [3.63, 3.8) is 0 Å². The normalized spacial score (nSPS) is 13.9. The molecule has 140 valence electrons. The van der Waals surface area contributed by atoms with Crippen molar-refractivity contribution in [3.8, 4) is 0 Å². The van der Waals surface area contributed by atoms with E-state index < -0.39 is 4.92 Å². The van der Waals surface area contributed by atoms with Crippen molar-refractivity contribution < 1.29 is 14.5 Å². The highest BCUT2D eigenvalue weighted by atomic mass is 16.6. The van der Waals surface area contributed by atoms with Gasteiger partial charge >= 0.3 is 6.03 Å². The predicted molar refractivity (Wildman–Crippen MR) is 99.3 cm³/mol. The van der Waals surface area contributed by atoms with Gasteiger partial charge < -0.3 is 15.1 Å². The molecule has 1 heterocycles. The van der Waals surface area contributed by atoms with Crippen LogP contribution in [0.2, 0.25) is 0 Å². The Kier molecular flexibility index (Phi) is 5.65. The lowest BCUT2D eigenvalue weighted by molar-refractivity contribution is -0.384. The summed E-state index contributed by atoms with van der Waals surface area (Å²) in [5.74, 6) is -0.186. The molecular weight excluding hydrogens is 348 g/mol. The van der Waals surface area contributed by atoms with Crippen LogP contribution in [-0.2, 0) is 6.54 Å². The van der Waals surface area contributed by atoms with Gasteiger partial charge in [0.15, 0.2) is 0 Å². The highest BCUT2D eigenvalue weighted by Crippen LogP contribution is 2.14. The highest BCUT2D eigenvalue weighted by molar-refractivity contribution is 5.94. The number of amides is 3. The third kappa shape index (κ3) is 4.60. The predicted octanol–water partition coefficient (Wildman–Crippen LogP) is 2.26. The van der Waals surface area contributed by atoms with Crippen LogP contribution in [-0.4, -0.2) is 52.8 Å². The molecule has 3 rings (SSSR count). The molecular formula is C19H20N4O4. The van der Waals surface area contributed by atoms with Gasteiger partial charge in [-0.2, -0.15) is 0 Å². The topological polar surface area (TPSA) is 95.8 Å². The van der Waals surface area contributed by atoms with Crippen molar-refractivity contribution in [1.82, 2.24) is 15.1 Å². The monoisotopic (exact) mass is 368 g/mol. The van der Waals surface area contributed by atoms with Gasteiger partial charge in [-0.1, -0.05) is 30.3 Å². The Balaban J connectivity index is 1.49.